The van der Waals surface area contributed by atoms with Gasteiger partial charge in [0.15, 0.2) is 5.96 Å². The lowest BCUT2D eigenvalue weighted by Gasteiger charge is -2.36. The predicted octanol–water partition coefficient (Wildman–Crippen LogP) is 2.23. The fourth-order valence-electron chi connectivity index (χ4n) is 3.08. The van der Waals surface area contributed by atoms with Crippen molar-refractivity contribution in [3.8, 4) is 5.75 Å². The van der Waals surface area contributed by atoms with Gasteiger partial charge in [0.05, 0.1) is 12.2 Å². The minimum Gasteiger partial charge on any atom is -0.489 e. The lowest BCUT2D eigenvalue weighted by molar-refractivity contribution is 0.168. The smallest absolute Gasteiger partial charge is 0.194 e. The van der Waals surface area contributed by atoms with Gasteiger partial charge in [0, 0.05) is 45.3 Å². The molecule has 27 heavy (non-hydrogen) atoms. The van der Waals surface area contributed by atoms with Crippen LogP contribution in [0, 0.1) is 0 Å². The van der Waals surface area contributed by atoms with Crippen molar-refractivity contribution < 1.29 is 9.26 Å². The van der Waals surface area contributed by atoms with E-state index in [0.717, 1.165) is 56.7 Å². The van der Waals surface area contributed by atoms with Gasteiger partial charge in [-0.1, -0.05) is 23.4 Å². The van der Waals surface area contributed by atoms with Crippen LogP contribution >= 0.6 is 0 Å². The number of piperazine rings is 1. The quantitative estimate of drug-likeness (QED) is 0.595. The molecule has 1 aromatic heterocycles. The molecule has 1 aromatic carbocycles. The maximum Gasteiger partial charge on any atom is 0.194 e. The molecule has 1 N–H and O–H groups in total. The zero-order valence-corrected chi connectivity index (χ0v) is 16.2. The molecule has 2 aromatic rings. The number of rotatable bonds is 7. The molecule has 0 spiro atoms. The van der Waals surface area contributed by atoms with E-state index in [9.17, 15) is 0 Å². The standard InChI is InChI=1S/C20H29N5O2/c1-3-21-20(22-15-17(2)27-19-7-5-4-6-8-19)25-12-10-24(11-13-25)16-18-9-14-26-23-18/h4-9,14,17H,3,10-13,15-16H2,1-2H3,(H,21,22). The zero-order chi connectivity index (χ0) is 18.9. The van der Waals surface area contributed by atoms with Gasteiger partial charge in [0.25, 0.3) is 0 Å². The number of hydrogen-bond acceptors (Lipinski definition) is 5. The molecule has 0 bridgehead atoms. The van der Waals surface area contributed by atoms with Gasteiger partial charge in [0.2, 0.25) is 0 Å². The van der Waals surface area contributed by atoms with E-state index in [1.54, 1.807) is 6.26 Å². The number of ether oxygens (including phenoxy) is 1. The molecule has 1 fully saturated rings. The Morgan fingerprint density at radius 3 is 2.67 bits per heavy atom. The van der Waals surface area contributed by atoms with E-state index in [1.807, 2.05) is 36.4 Å². The lowest BCUT2D eigenvalue weighted by atomic mass is 10.3. The first kappa shape index (κ1) is 19.2. The fraction of sp³-hybridized carbons (Fsp3) is 0.500. The molecule has 146 valence electrons. The summed E-state index contributed by atoms with van der Waals surface area (Å²) in [6.45, 7) is 10.3. The maximum absolute atomic E-state index is 5.93. The van der Waals surface area contributed by atoms with Crippen LogP contribution in [0.5, 0.6) is 5.75 Å². The minimum atomic E-state index is 0.0227. The summed E-state index contributed by atoms with van der Waals surface area (Å²) in [5, 5.41) is 7.40. The van der Waals surface area contributed by atoms with Crippen LogP contribution in [-0.2, 0) is 6.54 Å². The van der Waals surface area contributed by atoms with Crippen molar-refractivity contribution in [2.24, 2.45) is 4.99 Å². The lowest BCUT2D eigenvalue weighted by Crippen LogP contribution is -2.52. The Bertz CT molecular complexity index is 682. The van der Waals surface area contributed by atoms with Crippen LogP contribution in [0.25, 0.3) is 0 Å². The van der Waals surface area contributed by atoms with Gasteiger partial charge in [-0.3, -0.25) is 4.90 Å². The average molecular weight is 371 g/mol. The van der Waals surface area contributed by atoms with Gasteiger partial charge < -0.3 is 19.5 Å². The molecule has 0 amide bonds. The third kappa shape index (κ3) is 5.99. The second-order valence-corrected chi connectivity index (χ2v) is 6.69. The molecule has 0 radical (unpaired) electrons. The second kappa shape index (κ2) is 9.97. The molecule has 0 saturated carbocycles. The molecule has 3 rings (SSSR count). The number of benzene rings is 1. The number of nitrogens with one attached hydrogen (secondary N) is 1. The highest BCUT2D eigenvalue weighted by molar-refractivity contribution is 5.80. The molecular weight excluding hydrogens is 342 g/mol. The normalized spacial score (nSPS) is 17.0. The average Bonchev–Trinajstić information content (AvgIpc) is 3.20. The van der Waals surface area contributed by atoms with Crippen molar-refractivity contribution in [1.29, 1.82) is 0 Å². The Labute approximate surface area is 161 Å². The first-order valence-corrected chi connectivity index (χ1v) is 9.61. The van der Waals surface area contributed by atoms with Crippen LogP contribution in [0.3, 0.4) is 0 Å². The largest absolute Gasteiger partial charge is 0.489 e. The summed E-state index contributed by atoms with van der Waals surface area (Å²) in [7, 11) is 0. The molecular formula is C20H29N5O2. The van der Waals surface area contributed by atoms with Crippen LogP contribution in [0.4, 0.5) is 0 Å². The summed E-state index contributed by atoms with van der Waals surface area (Å²) in [6.07, 6.45) is 1.65. The van der Waals surface area contributed by atoms with Gasteiger partial charge in [-0.15, -0.1) is 0 Å². The number of aliphatic imine (C=N–C) groups is 1. The van der Waals surface area contributed by atoms with E-state index in [1.165, 1.54) is 0 Å². The molecule has 1 unspecified atom stereocenters. The van der Waals surface area contributed by atoms with Gasteiger partial charge in [-0.05, 0) is 26.0 Å². The third-order valence-corrected chi connectivity index (χ3v) is 4.46. The fourth-order valence-corrected chi connectivity index (χ4v) is 3.08. The third-order valence-electron chi connectivity index (χ3n) is 4.46. The van der Waals surface area contributed by atoms with Crippen LogP contribution in [0.15, 0.2) is 52.2 Å². The Morgan fingerprint density at radius 1 is 1.22 bits per heavy atom. The van der Waals surface area contributed by atoms with E-state index in [2.05, 4.69) is 34.1 Å². The summed E-state index contributed by atoms with van der Waals surface area (Å²) in [6, 6.07) is 11.8. The highest BCUT2D eigenvalue weighted by Gasteiger charge is 2.20. The first-order valence-electron chi connectivity index (χ1n) is 9.61. The van der Waals surface area contributed by atoms with Crippen molar-refractivity contribution in [1.82, 2.24) is 20.3 Å². The van der Waals surface area contributed by atoms with E-state index in [-0.39, 0.29) is 6.10 Å². The number of hydrogen-bond donors (Lipinski definition) is 1. The molecule has 1 saturated heterocycles. The Kier molecular flexibility index (Phi) is 7.10. The van der Waals surface area contributed by atoms with Crippen LogP contribution in [0.2, 0.25) is 0 Å². The molecule has 7 nitrogen and oxygen atoms in total. The van der Waals surface area contributed by atoms with E-state index in [4.69, 9.17) is 14.3 Å². The maximum atomic E-state index is 5.93. The van der Waals surface area contributed by atoms with Crippen molar-refractivity contribution in [2.45, 2.75) is 26.5 Å². The molecule has 0 aliphatic carbocycles. The van der Waals surface area contributed by atoms with Crippen molar-refractivity contribution in [2.75, 3.05) is 39.3 Å². The molecule has 1 aliphatic rings. The van der Waals surface area contributed by atoms with Gasteiger partial charge in [-0.2, -0.15) is 0 Å². The van der Waals surface area contributed by atoms with Crippen molar-refractivity contribution in [3.63, 3.8) is 0 Å². The summed E-state index contributed by atoms with van der Waals surface area (Å²) in [5.41, 5.74) is 0.982. The van der Waals surface area contributed by atoms with Crippen LogP contribution < -0.4 is 10.1 Å². The number of para-hydroxylation sites is 1. The summed E-state index contributed by atoms with van der Waals surface area (Å²) in [5.74, 6) is 1.84. The predicted molar refractivity (Wildman–Crippen MR) is 106 cm³/mol. The Balaban J connectivity index is 1.50. The van der Waals surface area contributed by atoms with Crippen molar-refractivity contribution in [3.05, 3.63) is 48.4 Å². The van der Waals surface area contributed by atoms with Crippen LogP contribution in [-0.4, -0.2) is 66.3 Å². The number of nitrogens with zero attached hydrogens (tertiary/aromatic N) is 4. The van der Waals surface area contributed by atoms with Gasteiger partial charge in [-0.25, -0.2) is 4.99 Å². The SMILES string of the molecule is CCNC(=NCC(C)Oc1ccccc1)N1CCN(Cc2ccon2)CC1. The van der Waals surface area contributed by atoms with Gasteiger partial charge in [0.1, 0.15) is 18.1 Å². The molecule has 1 atom stereocenters. The Hall–Kier alpha value is -2.54. The second-order valence-electron chi connectivity index (χ2n) is 6.69. The summed E-state index contributed by atoms with van der Waals surface area (Å²) >= 11 is 0. The topological polar surface area (TPSA) is 66.1 Å². The monoisotopic (exact) mass is 371 g/mol. The van der Waals surface area contributed by atoms with E-state index >= 15 is 0 Å². The summed E-state index contributed by atoms with van der Waals surface area (Å²) in [4.78, 5) is 9.50. The van der Waals surface area contributed by atoms with Crippen molar-refractivity contribution >= 4 is 5.96 Å². The van der Waals surface area contributed by atoms with Gasteiger partial charge >= 0.3 is 0 Å². The zero-order valence-electron chi connectivity index (χ0n) is 16.2. The number of aromatic nitrogens is 1. The molecule has 7 heteroatoms. The molecule has 2 heterocycles. The highest BCUT2D eigenvalue weighted by Crippen LogP contribution is 2.11. The molecule has 1 aliphatic heterocycles. The minimum absolute atomic E-state index is 0.0227. The van der Waals surface area contributed by atoms with E-state index < -0.39 is 0 Å². The Morgan fingerprint density at radius 2 is 2.00 bits per heavy atom. The first-order chi connectivity index (χ1) is 13.2. The number of guanidine groups is 1. The van der Waals surface area contributed by atoms with Crippen LogP contribution in [0.1, 0.15) is 19.5 Å². The van der Waals surface area contributed by atoms with E-state index in [0.29, 0.717) is 6.54 Å². The summed E-state index contributed by atoms with van der Waals surface area (Å²) < 4.78 is 10.8. The highest BCUT2D eigenvalue weighted by atomic mass is 16.5.